The number of carbonyl (C=O) groups excluding carboxylic acids is 1. The van der Waals surface area contributed by atoms with E-state index in [0.29, 0.717) is 44.2 Å². The number of methoxy groups -OCH3 is 1. The molecule has 5 aromatic rings. The van der Waals surface area contributed by atoms with Crippen LogP contribution in [-0.2, 0) is 19.6 Å². The number of furan rings is 1. The van der Waals surface area contributed by atoms with E-state index < -0.39 is 0 Å². The van der Waals surface area contributed by atoms with Gasteiger partial charge in [-0.3, -0.25) is 14.6 Å². The molecule has 1 fully saturated rings. The molecule has 0 spiro atoms. The number of halogens is 1. The van der Waals surface area contributed by atoms with Crippen molar-refractivity contribution >= 4 is 5.91 Å². The van der Waals surface area contributed by atoms with Crippen LogP contribution in [0.1, 0.15) is 44.6 Å². The van der Waals surface area contributed by atoms with Gasteiger partial charge in [-0.15, -0.1) is 0 Å². The van der Waals surface area contributed by atoms with Crippen LogP contribution < -0.4 is 4.74 Å². The minimum absolute atomic E-state index is 0.0960. The van der Waals surface area contributed by atoms with Gasteiger partial charge in [0.15, 0.2) is 5.76 Å². The molecule has 4 aromatic carbocycles. The molecule has 0 saturated carbocycles. The average molecular weight is 604 g/mol. The van der Waals surface area contributed by atoms with Gasteiger partial charge < -0.3 is 14.1 Å². The Morgan fingerprint density at radius 2 is 1.38 bits per heavy atom. The molecule has 1 aliphatic heterocycles. The quantitative estimate of drug-likeness (QED) is 0.160. The zero-order valence-corrected chi connectivity index (χ0v) is 25.5. The van der Waals surface area contributed by atoms with Crippen LogP contribution in [0.5, 0.6) is 5.75 Å². The molecule has 0 N–H and O–H groups in total. The van der Waals surface area contributed by atoms with Crippen LogP contribution >= 0.6 is 0 Å². The second-order valence-electron chi connectivity index (χ2n) is 11.4. The number of hydrogen-bond acceptors (Lipinski definition) is 5. The van der Waals surface area contributed by atoms with Gasteiger partial charge in [-0.1, -0.05) is 84.9 Å². The van der Waals surface area contributed by atoms with Gasteiger partial charge in [0.25, 0.3) is 5.91 Å². The van der Waals surface area contributed by atoms with Crippen LogP contribution in [0, 0.1) is 5.82 Å². The van der Waals surface area contributed by atoms with Gasteiger partial charge in [0.05, 0.1) is 19.7 Å². The van der Waals surface area contributed by atoms with Crippen LogP contribution in [-0.4, -0.2) is 53.9 Å². The third-order valence-corrected chi connectivity index (χ3v) is 8.28. The lowest BCUT2D eigenvalue weighted by molar-refractivity contribution is 0.0564. The second-order valence-corrected chi connectivity index (χ2v) is 11.4. The first-order valence-electron chi connectivity index (χ1n) is 15.4. The minimum atomic E-state index is -0.265. The summed E-state index contributed by atoms with van der Waals surface area (Å²) in [6, 6.07) is 39.4. The average Bonchev–Trinajstić information content (AvgIpc) is 3.54. The number of nitrogens with zero attached hydrogens (tertiary/aromatic N) is 3. The first kappa shape index (κ1) is 30.3. The van der Waals surface area contributed by atoms with Gasteiger partial charge >= 0.3 is 0 Å². The van der Waals surface area contributed by atoms with Crippen LogP contribution in [0.2, 0.25) is 0 Å². The fourth-order valence-electron chi connectivity index (χ4n) is 6.11. The standard InChI is InChI=1S/C38H38FN3O3/c1-44-34-17-9-11-30(25-34)27-40(26-29-10-8-16-33(39)24-29)28-35-18-19-36(45-35)38(43)42-22-20-41(21-23-42)37(31-12-4-2-5-13-31)32-14-6-3-7-15-32/h2-19,24-25,37H,20-23,26-28H2,1H3. The minimum Gasteiger partial charge on any atom is -0.497 e. The molecule has 1 aromatic heterocycles. The van der Waals surface area contributed by atoms with E-state index in [2.05, 4.69) is 58.3 Å². The number of ether oxygens (including phenoxy) is 1. The maximum absolute atomic E-state index is 14.0. The van der Waals surface area contributed by atoms with Crippen molar-refractivity contribution in [1.29, 1.82) is 0 Å². The van der Waals surface area contributed by atoms with E-state index in [1.54, 1.807) is 25.3 Å². The highest BCUT2D eigenvalue weighted by atomic mass is 19.1. The molecule has 1 aliphatic rings. The van der Waals surface area contributed by atoms with Crippen molar-refractivity contribution in [2.24, 2.45) is 0 Å². The summed E-state index contributed by atoms with van der Waals surface area (Å²) in [6.07, 6.45) is 0. The first-order valence-corrected chi connectivity index (χ1v) is 15.4. The Hall–Kier alpha value is -4.72. The molecule has 45 heavy (non-hydrogen) atoms. The summed E-state index contributed by atoms with van der Waals surface area (Å²) in [4.78, 5) is 20.1. The molecular formula is C38H38FN3O3. The summed E-state index contributed by atoms with van der Waals surface area (Å²) in [5.74, 6) is 1.45. The maximum Gasteiger partial charge on any atom is 0.289 e. The van der Waals surface area contributed by atoms with E-state index in [-0.39, 0.29) is 17.8 Å². The first-order chi connectivity index (χ1) is 22.1. The summed E-state index contributed by atoms with van der Waals surface area (Å²) in [6.45, 7) is 4.34. The summed E-state index contributed by atoms with van der Waals surface area (Å²) < 4.78 is 25.5. The molecule has 0 unspecified atom stereocenters. The number of amides is 1. The number of benzene rings is 4. The van der Waals surface area contributed by atoms with Gasteiger partial charge in [0.2, 0.25) is 0 Å². The van der Waals surface area contributed by atoms with Crippen molar-refractivity contribution in [3.63, 3.8) is 0 Å². The van der Waals surface area contributed by atoms with Crippen molar-refractivity contribution in [2.45, 2.75) is 25.7 Å². The second kappa shape index (κ2) is 14.4. The lowest BCUT2D eigenvalue weighted by Crippen LogP contribution is -2.49. The zero-order chi connectivity index (χ0) is 31.0. The van der Waals surface area contributed by atoms with Crippen LogP contribution in [0.25, 0.3) is 0 Å². The Morgan fingerprint density at radius 1 is 0.756 bits per heavy atom. The fourth-order valence-corrected chi connectivity index (χ4v) is 6.11. The van der Waals surface area contributed by atoms with E-state index in [0.717, 1.165) is 30.0 Å². The predicted octanol–water partition coefficient (Wildman–Crippen LogP) is 7.18. The van der Waals surface area contributed by atoms with Gasteiger partial charge in [-0.05, 0) is 58.7 Å². The topological polar surface area (TPSA) is 49.2 Å². The van der Waals surface area contributed by atoms with Gasteiger partial charge in [-0.25, -0.2) is 4.39 Å². The summed E-state index contributed by atoms with van der Waals surface area (Å²) >= 11 is 0. The molecule has 1 saturated heterocycles. The van der Waals surface area contributed by atoms with E-state index in [9.17, 15) is 9.18 Å². The van der Waals surface area contributed by atoms with Crippen molar-refractivity contribution in [2.75, 3.05) is 33.3 Å². The summed E-state index contributed by atoms with van der Waals surface area (Å²) in [5.41, 5.74) is 4.42. The molecular weight excluding hydrogens is 565 g/mol. The third-order valence-electron chi connectivity index (χ3n) is 8.28. The molecule has 7 heteroatoms. The molecule has 2 heterocycles. The largest absolute Gasteiger partial charge is 0.497 e. The number of hydrogen-bond donors (Lipinski definition) is 0. The Kier molecular flexibility index (Phi) is 9.68. The highest BCUT2D eigenvalue weighted by molar-refractivity contribution is 5.91. The molecule has 0 radical (unpaired) electrons. The monoisotopic (exact) mass is 603 g/mol. The summed E-state index contributed by atoms with van der Waals surface area (Å²) in [5, 5.41) is 0. The molecule has 6 rings (SSSR count). The molecule has 0 atom stereocenters. The lowest BCUT2D eigenvalue weighted by Gasteiger charge is -2.39. The Bertz CT molecular complexity index is 1640. The van der Waals surface area contributed by atoms with Gasteiger partial charge in [0.1, 0.15) is 17.3 Å². The lowest BCUT2D eigenvalue weighted by atomic mass is 9.96. The maximum atomic E-state index is 14.0. The van der Waals surface area contributed by atoms with E-state index in [1.165, 1.54) is 17.2 Å². The van der Waals surface area contributed by atoms with Gasteiger partial charge in [0, 0.05) is 39.3 Å². The number of rotatable bonds is 11. The van der Waals surface area contributed by atoms with Crippen LogP contribution in [0.15, 0.2) is 126 Å². The van der Waals surface area contributed by atoms with Gasteiger partial charge in [-0.2, -0.15) is 0 Å². The Labute approximate surface area is 264 Å². The van der Waals surface area contributed by atoms with Crippen molar-refractivity contribution in [3.05, 3.63) is 161 Å². The van der Waals surface area contributed by atoms with E-state index >= 15 is 0 Å². The fraction of sp³-hybridized carbons (Fsp3) is 0.237. The van der Waals surface area contributed by atoms with Crippen molar-refractivity contribution < 1.29 is 18.3 Å². The molecule has 0 aliphatic carbocycles. The van der Waals surface area contributed by atoms with Crippen molar-refractivity contribution in [1.82, 2.24) is 14.7 Å². The summed E-state index contributed by atoms with van der Waals surface area (Å²) in [7, 11) is 1.65. The molecule has 6 nitrogen and oxygen atoms in total. The van der Waals surface area contributed by atoms with Crippen LogP contribution in [0.3, 0.4) is 0 Å². The van der Waals surface area contributed by atoms with Crippen molar-refractivity contribution in [3.8, 4) is 5.75 Å². The van der Waals surface area contributed by atoms with E-state index in [4.69, 9.17) is 9.15 Å². The highest BCUT2D eigenvalue weighted by Crippen LogP contribution is 2.30. The predicted molar refractivity (Wildman–Crippen MR) is 173 cm³/mol. The van der Waals surface area contributed by atoms with E-state index in [1.807, 2.05) is 53.4 Å². The molecule has 1 amide bonds. The Morgan fingerprint density at radius 3 is 2.00 bits per heavy atom. The SMILES string of the molecule is COc1cccc(CN(Cc2cccc(F)c2)Cc2ccc(C(=O)N3CCN(C(c4ccccc4)c4ccccc4)CC3)o2)c1. The molecule has 0 bridgehead atoms. The van der Waals surface area contributed by atoms with Crippen LogP contribution in [0.4, 0.5) is 4.39 Å². The third kappa shape index (κ3) is 7.69. The number of carbonyl (C=O) groups is 1. The smallest absolute Gasteiger partial charge is 0.289 e. The molecule has 230 valence electrons. The Balaban J connectivity index is 1.13. The highest BCUT2D eigenvalue weighted by Gasteiger charge is 2.29. The number of piperazine rings is 1. The normalized spacial score (nSPS) is 13.8. The zero-order valence-electron chi connectivity index (χ0n) is 25.5.